The maximum absolute atomic E-state index is 11.8. The standard InChI is InChI=1S/C13H20N2O2/c1-8-7-11(17-5)9(2)6-10(8)12(14-3)13(16)15-4/h6-7,12,14H,1-5H3,(H,15,16). The lowest BCUT2D eigenvalue weighted by Crippen LogP contribution is -2.34. The molecule has 0 aromatic heterocycles. The first-order valence-corrected chi connectivity index (χ1v) is 5.59. The van der Waals surface area contributed by atoms with Gasteiger partial charge >= 0.3 is 0 Å². The molecule has 1 amide bonds. The molecule has 94 valence electrons. The van der Waals surface area contributed by atoms with Crippen LogP contribution in [0.2, 0.25) is 0 Å². The van der Waals surface area contributed by atoms with E-state index in [0.717, 1.165) is 22.4 Å². The van der Waals surface area contributed by atoms with Crippen molar-refractivity contribution in [2.45, 2.75) is 19.9 Å². The normalized spacial score (nSPS) is 12.1. The Kier molecular flexibility index (Phi) is 4.52. The second kappa shape index (κ2) is 5.68. The van der Waals surface area contributed by atoms with Crippen LogP contribution in [0.25, 0.3) is 0 Å². The summed E-state index contributed by atoms with van der Waals surface area (Å²) in [4.78, 5) is 11.8. The van der Waals surface area contributed by atoms with E-state index in [4.69, 9.17) is 4.74 Å². The second-order valence-corrected chi connectivity index (χ2v) is 4.01. The van der Waals surface area contributed by atoms with Gasteiger partial charge in [0.15, 0.2) is 0 Å². The number of hydrogen-bond acceptors (Lipinski definition) is 3. The summed E-state index contributed by atoms with van der Waals surface area (Å²) in [6.45, 7) is 3.95. The molecule has 4 nitrogen and oxygen atoms in total. The molecule has 1 atom stereocenters. The molecule has 1 aromatic rings. The summed E-state index contributed by atoms with van der Waals surface area (Å²) in [5.74, 6) is 0.804. The first-order chi connectivity index (χ1) is 8.04. The molecular weight excluding hydrogens is 216 g/mol. The smallest absolute Gasteiger partial charge is 0.241 e. The van der Waals surface area contributed by atoms with Gasteiger partial charge in [-0.25, -0.2) is 0 Å². The third-order valence-electron chi connectivity index (χ3n) is 2.89. The molecule has 0 fully saturated rings. The third kappa shape index (κ3) is 2.77. The molecular formula is C13H20N2O2. The predicted molar refractivity (Wildman–Crippen MR) is 68.3 cm³/mol. The van der Waals surface area contributed by atoms with Crippen molar-refractivity contribution in [3.8, 4) is 5.75 Å². The number of ether oxygens (including phenoxy) is 1. The zero-order chi connectivity index (χ0) is 13.0. The lowest BCUT2D eigenvalue weighted by Gasteiger charge is -2.19. The fourth-order valence-corrected chi connectivity index (χ4v) is 1.92. The minimum atomic E-state index is -0.329. The van der Waals surface area contributed by atoms with E-state index in [2.05, 4.69) is 10.6 Å². The van der Waals surface area contributed by atoms with Gasteiger partial charge in [-0.1, -0.05) is 6.07 Å². The van der Waals surface area contributed by atoms with Crippen LogP contribution in [0.3, 0.4) is 0 Å². The fraction of sp³-hybridized carbons (Fsp3) is 0.462. The molecule has 4 heteroatoms. The Labute approximate surface area is 102 Å². The Bertz CT molecular complexity index is 416. The zero-order valence-electron chi connectivity index (χ0n) is 11.0. The van der Waals surface area contributed by atoms with E-state index in [1.807, 2.05) is 26.0 Å². The van der Waals surface area contributed by atoms with Crippen molar-refractivity contribution in [3.05, 3.63) is 28.8 Å². The van der Waals surface area contributed by atoms with E-state index in [1.54, 1.807) is 21.2 Å². The van der Waals surface area contributed by atoms with E-state index in [9.17, 15) is 4.79 Å². The first kappa shape index (κ1) is 13.5. The number of carbonyl (C=O) groups is 1. The van der Waals surface area contributed by atoms with Crippen LogP contribution in [0.5, 0.6) is 5.75 Å². The van der Waals surface area contributed by atoms with Crippen molar-refractivity contribution in [3.63, 3.8) is 0 Å². The van der Waals surface area contributed by atoms with Crippen molar-refractivity contribution >= 4 is 5.91 Å². The van der Waals surface area contributed by atoms with E-state index in [1.165, 1.54) is 0 Å². The van der Waals surface area contributed by atoms with Crippen LogP contribution < -0.4 is 15.4 Å². The highest BCUT2D eigenvalue weighted by Gasteiger charge is 2.20. The molecule has 0 heterocycles. The molecule has 0 radical (unpaired) electrons. The van der Waals surface area contributed by atoms with Crippen LogP contribution in [-0.2, 0) is 4.79 Å². The zero-order valence-corrected chi connectivity index (χ0v) is 11.0. The number of rotatable bonds is 4. The Morgan fingerprint density at radius 1 is 1.24 bits per heavy atom. The molecule has 0 bridgehead atoms. The van der Waals surface area contributed by atoms with Gasteiger partial charge in [-0.15, -0.1) is 0 Å². The van der Waals surface area contributed by atoms with E-state index in [-0.39, 0.29) is 11.9 Å². The number of methoxy groups -OCH3 is 1. The van der Waals surface area contributed by atoms with Gasteiger partial charge in [-0.3, -0.25) is 4.79 Å². The Morgan fingerprint density at radius 2 is 1.88 bits per heavy atom. The lowest BCUT2D eigenvalue weighted by atomic mass is 9.97. The topological polar surface area (TPSA) is 50.4 Å². The number of carbonyl (C=O) groups excluding carboxylic acids is 1. The summed E-state index contributed by atoms with van der Waals surface area (Å²) in [6.07, 6.45) is 0. The minimum absolute atomic E-state index is 0.0415. The van der Waals surface area contributed by atoms with Crippen molar-refractivity contribution in [2.24, 2.45) is 0 Å². The van der Waals surface area contributed by atoms with Gasteiger partial charge in [0.1, 0.15) is 11.8 Å². The van der Waals surface area contributed by atoms with Gasteiger partial charge < -0.3 is 15.4 Å². The van der Waals surface area contributed by atoms with E-state index in [0.29, 0.717) is 0 Å². The summed E-state index contributed by atoms with van der Waals surface area (Å²) in [5, 5.41) is 5.68. The second-order valence-electron chi connectivity index (χ2n) is 4.01. The van der Waals surface area contributed by atoms with Gasteiger partial charge in [-0.05, 0) is 43.7 Å². The lowest BCUT2D eigenvalue weighted by molar-refractivity contribution is -0.122. The molecule has 0 aliphatic rings. The number of aryl methyl sites for hydroxylation is 2. The number of nitrogens with one attached hydrogen (secondary N) is 2. The van der Waals surface area contributed by atoms with Crippen molar-refractivity contribution in [1.82, 2.24) is 10.6 Å². The van der Waals surface area contributed by atoms with Crippen LogP contribution in [0.4, 0.5) is 0 Å². The molecule has 2 N–H and O–H groups in total. The maximum atomic E-state index is 11.8. The van der Waals surface area contributed by atoms with Crippen LogP contribution in [0, 0.1) is 13.8 Å². The number of likely N-dealkylation sites (N-methyl/N-ethyl adjacent to an activating group) is 2. The summed E-state index contributed by atoms with van der Waals surface area (Å²) in [5.41, 5.74) is 3.04. The monoisotopic (exact) mass is 236 g/mol. The van der Waals surface area contributed by atoms with E-state index < -0.39 is 0 Å². The first-order valence-electron chi connectivity index (χ1n) is 5.59. The highest BCUT2D eigenvalue weighted by atomic mass is 16.5. The molecule has 0 aliphatic carbocycles. The maximum Gasteiger partial charge on any atom is 0.241 e. The Morgan fingerprint density at radius 3 is 2.35 bits per heavy atom. The van der Waals surface area contributed by atoms with Crippen molar-refractivity contribution < 1.29 is 9.53 Å². The largest absolute Gasteiger partial charge is 0.496 e. The van der Waals surface area contributed by atoms with Crippen LogP contribution in [-0.4, -0.2) is 27.1 Å². The van der Waals surface area contributed by atoms with Gasteiger partial charge in [-0.2, -0.15) is 0 Å². The molecule has 0 spiro atoms. The van der Waals surface area contributed by atoms with Crippen LogP contribution in [0.1, 0.15) is 22.7 Å². The summed E-state index contributed by atoms with van der Waals surface area (Å²) in [7, 11) is 5.06. The molecule has 1 rings (SSSR count). The molecule has 0 aliphatic heterocycles. The third-order valence-corrected chi connectivity index (χ3v) is 2.89. The van der Waals surface area contributed by atoms with Gasteiger partial charge in [0.2, 0.25) is 5.91 Å². The highest BCUT2D eigenvalue weighted by Crippen LogP contribution is 2.26. The van der Waals surface area contributed by atoms with Gasteiger partial charge in [0, 0.05) is 7.05 Å². The van der Waals surface area contributed by atoms with Crippen LogP contribution in [0.15, 0.2) is 12.1 Å². The summed E-state index contributed by atoms with van der Waals surface area (Å²) < 4.78 is 5.26. The number of amides is 1. The van der Waals surface area contributed by atoms with E-state index >= 15 is 0 Å². The SMILES string of the molecule is CNC(=O)C(NC)c1cc(C)c(OC)cc1C. The van der Waals surface area contributed by atoms with Crippen molar-refractivity contribution in [1.29, 1.82) is 0 Å². The summed E-state index contributed by atoms with van der Waals surface area (Å²) >= 11 is 0. The summed E-state index contributed by atoms with van der Waals surface area (Å²) in [6, 6.07) is 3.62. The van der Waals surface area contributed by atoms with Crippen molar-refractivity contribution in [2.75, 3.05) is 21.2 Å². The average molecular weight is 236 g/mol. The average Bonchev–Trinajstić information content (AvgIpc) is 2.33. The minimum Gasteiger partial charge on any atom is -0.496 e. The molecule has 17 heavy (non-hydrogen) atoms. The van der Waals surface area contributed by atoms with Crippen LogP contribution >= 0.6 is 0 Å². The highest BCUT2D eigenvalue weighted by molar-refractivity contribution is 5.83. The quantitative estimate of drug-likeness (QED) is 0.829. The molecule has 0 saturated heterocycles. The van der Waals surface area contributed by atoms with Gasteiger partial charge in [0.05, 0.1) is 7.11 Å². The fourth-order valence-electron chi connectivity index (χ4n) is 1.92. The molecule has 1 unspecified atom stereocenters. The number of benzene rings is 1. The van der Waals surface area contributed by atoms with Gasteiger partial charge in [0.25, 0.3) is 0 Å². The molecule has 0 saturated carbocycles. The Balaban J connectivity index is 3.21. The molecule has 1 aromatic carbocycles. The Hall–Kier alpha value is -1.55. The predicted octanol–water partition coefficient (Wildman–Crippen LogP) is 1.32. The number of hydrogen-bond donors (Lipinski definition) is 2.